The summed E-state index contributed by atoms with van der Waals surface area (Å²) in [4.78, 5) is 22.6. The number of esters is 1. The first-order valence-electron chi connectivity index (χ1n) is 7.84. The summed E-state index contributed by atoms with van der Waals surface area (Å²) in [5.41, 5.74) is 1.04. The molecule has 0 spiro atoms. The lowest BCUT2D eigenvalue weighted by molar-refractivity contribution is -0.139. The summed E-state index contributed by atoms with van der Waals surface area (Å²) in [5, 5.41) is 10.9. The van der Waals surface area contributed by atoms with E-state index in [9.17, 15) is 14.7 Å². The number of carbonyl (C=O) groups is 1. The van der Waals surface area contributed by atoms with Gasteiger partial charge in [-0.2, -0.15) is 0 Å². The van der Waals surface area contributed by atoms with Crippen LogP contribution in [-0.4, -0.2) is 29.9 Å². The standard InChI is InChI=1S/C19H18O6/c1-11(7-15-8-12(2)19(22)24-15)16(20)10-23-14-5-3-13-4-6-18(21)25-17(13)9-14/h3-6,8-9,15-16,20H,1,7,10H2,2H3/t15?,16-/m1/s1. The van der Waals surface area contributed by atoms with Crippen LogP contribution in [-0.2, 0) is 9.53 Å². The molecule has 1 N–H and O–H groups in total. The smallest absolute Gasteiger partial charge is 0.336 e. The van der Waals surface area contributed by atoms with E-state index >= 15 is 0 Å². The number of cyclic esters (lactones) is 1. The number of ether oxygens (including phenoxy) is 2. The summed E-state index contributed by atoms with van der Waals surface area (Å²) in [6.07, 6.45) is 0.739. The van der Waals surface area contributed by atoms with Crippen molar-refractivity contribution in [1.29, 1.82) is 0 Å². The van der Waals surface area contributed by atoms with Crippen LogP contribution in [0.5, 0.6) is 5.75 Å². The highest BCUT2D eigenvalue weighted by molar-refractivity contribution is 5.90. The fraction of sp³-hybridized carbons (Fsp3) is 0.263. The van der Waals surface area contributed by atoms with E-state index in [1.54, 1.807) is 37.3 Å². The first kappa shape index (κ1) is 17.0. The van der Waals surface area contributed by atoms with Gasteiger partial charge in [-0.25, -0.2) is 9.59 Å². The van der Waals surface area contributed by atoms with Gasteiger partial charge in [-0.1, -0.05) is 6.58 Å². The van der Waals surface area contributed by atoms with Gasteiger partial charge in [-0.3, -0.25) is 0 Å². The molecular formula is C19H18O6. The number of carbonyl (C=O) groups excluding carboxylic acids is 1. The van der Waals surface area contributed by atoms with Crippen molar-refractivity contribution in [3.63, 3.8) is 0 Å². The van der Waals surface area contributed by atoms with Crippen molar-refractivity contribution >= 4 is 16.9 Å². The van der Waals surface area contributed by atoms with E-state index in [1.165, 1.54) is 6.07 Å². The van der Waals surface area contributed by atoms with Gasteiger partial charge in [0.25, 0.3) is 0 Å². The maximum atomic E-state index is 11.3. The lowest BCUT2D eigenvalue weighted by Gasteiger charge is -2.17. The second kappa shape index (κ2) is 6.94. The summed E-state index contributed by atoms with van der Waals surface area (Å²) < 4.78 is 15.8. The van der Waals surface area contributed by atoms with Gasteiger partial charge in [0, 0.05) is 29.5 Å². The van der Waals surface area contributed by atoms with Crippen molar-refractivity contribution in [3.8, 4) is 5.75 Å². The van der Waals surface area contributed by atoms with E-state index in [1.807, 2.05) is 0 Å². The number of hydrogen-bond donors (Lipinski definition) is 1. The Morgan fingerprint density at radius 3 is 2.80 bits per heavy atom. The van der Waals surface area contributed by atoms with Crippen LogP contribution in [0.25, 0.3) is 11.0 Å². The van der Waals surface area contributed by atoms with Gasteiger partial charge in [0.1, 0.15) is 30.1 Å². The molecule has 2 atom stereocenters. The molecule has 0 bridgehead atoms. The van der Waals surface area contributed by atoms with Crippen LogP contribution in [0.2, 0.25) is 0 Å². The van der Waals surface area contributed by atoms with Gasteiger partial charge in [-0.05, 0) is 36.8 Å². The minimum atomic E-state index is -0.911. The number of hydrogen-bond acceptors (Lipinski definition) is 6. The van der Waals surface area contributed by atoms with Crippen molar-refractivity contribution in [2.45, 2.75) is 25.6 Å². The first-order chi connectivity index (χ1) is 11.9. The number of aliphatic hydroxyl groups excluding tert-OH is 1. The molecule has 6 heteroatoms. The Balaban J connectivity index is 1.58. The van der Waals surface area contributed by atoms with E-state index in [4.69, 9.17) is 13.9 Å². The lowest BCUT2D eigenvalue weighted by atomic mass is 10.0. The van der Waals surface area contributed by atoms with E-state index in [2.05, 4.69) is 6.58 Å². The topological polar surface area (TPSA) is 86.0 Å². The molecule has 1 aliphatic heterocycles. The van der Waals surface area contributed by atoms with E-state index < -0.39 is 17.8 Å². The molecule has 1 aromatic heterocycles. The Hall–Kier alpha value is -2.86. The van der Waals surface area contributed by atoms with Gasteiger partial charge in [0.05, 0.1) is 0 Å². The molecule has 1 unspecified atom stereocenters. The molecule has 0 radical (unpaired) electrons. The van der Waals surface area contributed by atoms with E-state index in [0.717, 1.165) is 5.39 Å². The third-order valence-corrected chi connectivity index (χ3v) is 3.95. The second-order valence-electron chi connectivity index (χ2n) is 5.94. The highest BCUT2D eigenvalue weighted by atomic mass is 16.5. The third-order valence-electron chi connectivity index (χ3n) is 3.95. The van der Waals surface area contributed by atoms with Crippen molar-refractivity contribution in [2.75, 3.05) is 6.61 Å². The van der Waals surface area contributed by atoms with Gasteiger partial charge >= 0.3 is 11.6 Å². The monoisotopic (exact) mass is 342 g/mol. The van der Waals surface area contributed by atoms with E-state index in [0.29, 0.717) is 28.9 Å². The SMILES string of the molecule is C=C(CC1C=C(C)C(=O)O1)[C@H](O)COc1ccc2ccc(=O)oc2c1. The maximum absolute atomic E-state index is 11.3. The fourth-order valence-corrected chi connectivity index (χ4v) is 2.53. The molecule has 1 aromatic carbocycles. The molecule has 0 amide bonds. The van der Waals surface area contributed by atoms with Crippen LogP contribution in [0.3, 0.4) is 0 Å². The molecular weight excluding hydrogens is 324 g/mol. The maximum Gasteiger partial charge on any atom is 0.336 e. The predicted molar refractivity (Wildman–Crippen MR) is 91.4 cm³/mol. The molecule has 25 heavy (non-hydrogen) atoms. The molecule has 3 rings (SSSR count). The molecule has 130 valence electrons. The average molecular weight is 342 g/mol. The summed E-state index contributed by atoms with van der Waals surface area (Å²) in [6, 6.07) is 8.10. The third kappa shape index (κ3) is 3.97. The zero-order valence-electron chi connectivity index (χ0n) is 13.7. The van der Waals surface area contributed by atoms with Crippen LogP contribution in [0, 0.1) is 0 Å². The number of fused-ring (bicyclic) bond motifs is 1. The lowest BCUT2D eigenvalue weighted by Crippen LogP contribution is -2.22. The molecule has 0 fully saturated rings. The molecule has 0 saturated carbocycles. The number of rotatable bonds is 6. The zero-order chi connectivity index (χ0) is 18.0. The molecule has 2 heterocycles. The predicted octanol–water partition coefficient (Wildman–Crippen LogP) is 2.35. The van der Waals surface area contributed by atoms with Crippen LogP contribution in [0.4, 0.5) is 0 Å². The van der Waals surface area contributed by atoms with Gasteiger partial charge in [0.2, 0.25) is 0 Å². The molecule has 6 nitrogen and oxygen atoms in total. The molecule has 0 saturated heterocycles. The van der Waals surface area contributed by atoms with Crippen molar-refractivity contribution in [3.05, 3.63) is 64.6 Å². The second-order valence-corrected chi connectivity index (χ2v) is 5.94. The van der Waals surface area contributed by atoms with Crippen molar-refractivity contribution in [1.82, 2.24) is 0 Å². The molecule has 2 aromatic rings. The highest BCUT2D eigenvalue weighted by Gasteiger charge is 2.24. The minimum Gasteiger partial charge on any atom is -0.490 e. The summed E-state index contributed by atoms with van der Waals surface area (Å²) in [6.45, 7) is 5.51. The van der Waals surface area contributed by atoms with Crippen molar-refractivity contribution < 1.29 is 23.8 Å². The van der Waals surface area contributed by atoms with Crippen LogP contribution >= 0.6 is 0 Å². The molecule has 1 aliphatic rings. The Morgan fingerprint density at radius 2 is 2.08 bits per heavy atom. The quantitative estimate of drug-likeness (QED) is 0.493. The van der Waals surface area contributed by atoms with Crippen molar-refractivity contribution in [2.24, 2.45) is 0 Å². The Morgan fingerprint density at radius 1 is 1.32 bits per heavy atom. The normalized spacial score (nSPS) is 17.9. The fourth-order valence-electron chi connectivity index (χ4n) is 2.53. The van der Waals surface area contributed by atoms with Crippen LogP contribution in [0.15, 0.2) is 63.3 Å². The minimum absolute atomic E-state index is 0.00916. The number of aliphatic hydroxyl groups is 1. The van der Waals surface area contributed by atoms with Gasteiger partial charge < -0.3 is 19.0 Å². The Kier molecular flexibility index (Phi) is 4.72. The van der Waals surface area contributed by atoms with E-state index in [-0.39, 0.29) is 12.6 Å². The molecule has 0 aliphatic carbocycles. The first-order valence-corrected chi connectivity index (χ1v) is 7.84. The summed E-state index contributed by atoms with van der Waals surface area (Å²) >= 11 is 0. The highest BCUT2D eigenvalue weighted by Crippen LogP contribution is 2.22. The zero-order valence-corrected chi connectivity index (χ0v) is 13.7. The Labute approximate surface area is 144 Å². The van der Waals surface area contributed by atoms with Gasteiger partial charge in [0.15, 0.2) is 0 Å². The summed E-state index contributed by atoms with van der Waals surface area (Å²) in [7, 11) is 0. The van der Waals surface area contributed by atoms with Gasteiger partial charge in [-0.15, -0.1) is 0 Å². The summed E-state index contributed by atoms with van der Waals surface area (Å²) in [5.74, 6) is 0.123. The average Bonchev–Trinajstić information content (AvgIpc) is 2.89. The van der Waals surface area contributed by atoms with Crippen LogP contribution < -0.4 is 10.4 Å². The Bertz CT molecular complexity index is 908. The van der Waals surface area contributed by atoms with Crippen LogP contribution in [0.1, 0.15) is 13.3 Å². The number of benzene rings is 1. The largest absolute Gasteiger partial charge is 0.490 e.